The van der Waals surface area contributed by atoms with E-state index >= 15 is 0 Å². The molecule has 1 aliphatic rings. The molecule has 0 saturated carbocycles. The molecule has 0 atom stereocenters. The second kappa shape index (κ2) is 9.66. The van der Waals surface area contributed by atoms with E-state index in [2.05, 4.69) is 147 Å². The number of fused-ring (bicyclic) bond motifs is 3. The molecule has 0 spiro atoms. The second-order valence-corrected chi connectivity index (χ2v) is 11.5. The maximum Gasteiger partial charge on any atom is 0.0412 e. The zero-order valence-electron chi connectivity index (χ0n) is 22.7. The number of rotatable bonds is 4. The van der Waals surface area contributed by atoms with Crippen molar-refractivity contribution in [3.63, 3.8) is 0 Å². The van der Waals surface area contributed by atoms with Crippen LogP contribution in [0.15, 0.2) is 140 Å². The number of benzene rings is 6. The van der Waals surface area contributed by atoms with Crippen LogP contribution in [0, 0.1) is 0 Å². The van der Waals surface area contributed by atoms with E-state index in [0.717, 1.165) is 10.6 Å². The lowest BCUT2D eigenvalue weighted by Gasteiger charge is -2.30. The maximum absolute atomic E-state index is 6.69. The first-order chi connectivity index (χ1) is 19.6. The van der Waals surface area contributed by atoms with Gasteiger partial charge in [-0.25, -0.2) is 0 Å². The van der Waals surface area contributed by atoms with Crippen molar-refractivity contribution in [3.8, 4) is 55.6 Å². The fraction of sp³-hybridized carbons (Fsp3) is 0.0769. The Morgan fingerprint density at radius 3 is 1.43 bits per heavy atom. The summed E-state index contributed by atoms with van der Waals surface area (Å²) in [6.07, 6.45) is 0. The van der Waals surface area contributed by atoms with E-state index in [1.165, 1.54) is 61.2 Å². The van der Waals surface area contributed by atoms with Crippen LogP contribution in [-0.4, -0.2) is 0 Å². The standard InChI is InChI=1S/C39H29Cl/c1-39(2)32-24-13-12-23-31(32)37-35(28-19-10-5-11-20-28)33(26-15-6-3-7-16-26)34(27-17-8-4-9-18-27)36(38(37)39)29-21-14-22-30(40)25-29/h3-25H,1-2H3. The van der Waals surface area contributed by atoms with E-state index in [9.17, 15) is 0 Å². The molecule has 0 radical (unpaired) electrons. The topological polar surface area (TPSA) is 0 Å². The summed E-state index contributed by atoms with van der Waals surface area (Å²) in [4.78, 5) is 0. The molecule has 1 heteroatoms. The summed E-state index contributed by atoms with van der Waals surface area (Å²) in [7, 11) is 0. The van der Waals surface area contributed by atoms with Crippen LogP contribution in [0.5, 0.6) is 0 Å². The molecule has 0 aromatic heterocycles. The Bertz CT molecular complexity index is 1850. The van der Waals surface area contributed by atoms with Crippen LogP contribution >= 0.6 is 11.6 Å². The Labute approximate surface area is 241 Å². The summed E-state index contributed by atoms with van der Waals surface area (Å²) in [6, 6.07) is 49.9. The monoisotopic (exact) mass is 532 g/mol. The minimum atomic E-state index is -0.216. The third-order valence-electron chi connectivity index (χ3n) is 8.30. The van der Waals surface area contributed by atoms with Gasteiger partial charge in [0.15, 0.2) is 0 Å². The highest BCUT2D eigenvalue weighted by molar-refractivity contribution is 6.31. The van der Waals surface area contributed by atoms with Crippen molar-refractivity contribution in [2.24, 2.45) is 0 Å². The number of halogens is 1. The fourth-order valence-electron chi connectivity index (χ4n) is 6.64. The summed E-state index contributed by atoms with van der Waals surface area (Å²) in [5.74, 6) is 0. The predicted molar refractivity (Wildman–Crippen MR) is 171 cm³/mol. The third-order valence-corrected chi connectivity index (χ3v) is 8.53. The van der Waals surface area contributed by atoms with Gasteiger partial charge in [0.25, 0.3) is 0 Å². The van der Waals surface area contributed by atoms with Crippen molar-refractivity contribution in [2.45, 2.75) is 19.3 Å². The molecule has 40 heavy (non-hydrogen) atoms. The Morgan fingerprint density at radius 1 is 0.425 bits per heavy atom. The first kappa shape index (κ1) is 24.6. The summed E-state index contributed by atoms with van der Waals surface area (Å²) in [6.45, 7) is 4.74. The molecule has 0 bridgehead atoms. The van der Waals surface area contributed by atoms with E-state index in [4.69, 9.17) is 11.6 Å². The second-order valence-electron chi connectivity index (χ2n) is 11.0. The first-order valence-electron chi connectivity index (χ1n) is 13.8. The Hall–Kier alpha value is -4.39. The molecule has 0 unspecified atom stereocenters. The van der Waals surface area contributed by atoms with E-state index < -0.39 is 0 Å². The summed E-state index contributed by atoms with van der Waals surface area (Å²) >= 11 is 6.69. The average Bonchev–Trinajstić information content (AvgIpc) is 3.24. The van der Waals surface area contributed by atoms with Gasteiger partial charge in [-0.1, -0.05) is 153 Å². The van der Waals surface area contributed by atoms with E-state index in [0.29, 0.717) is 0 Å². The van der Waals surface area contributed by atoms with Crippen molar-refractivity contribution in [1.82, 2.24) is 0 Å². The van der Waals surface area contributed by atoms with Gasteiger partial charge in [0.1, 0.15) is 0 Å². The highest BCUT2D eigenvalue weighted by Crippen LogP contribution is 2.61. The van der Waals surface area contributed by atoms with Crippen LogP contribution < -0.4 is 0 Å². The summed E-state index contributed by atoms with van der Waals surface area (Å²) in [5.41, 5.74) is 14.9. The van der Waals surface area contributed by atoms with Gasteiger partial charge in [-0.05, 0) is 78.9 Å². The molecule has 0 N–H and O–H groups in total. The van der Waals surface area contributed by atoms with Gasteiger partial charge in [0, 0.05) is 10.4 Å². The third kappa shape index (κ3) is 3.83. The zero-order valence-corrected chi connectivity index (χ0v) is 23.4. The largest absolute Gasteiger partial charge is 0.0843 e. The van der Waals surface area contributed by atoms with Crippen molar-refractivity contribution in [1.29, 1.82) is 0 Å². The predicted octanol–water partition coefficient (Wildman–Crippen LogP) is 11.3. The van der Waals surface area contributed by atoms with Gasteiger partial charge in [-0.3, -0.25) is 0 Å². The zero-order chi connectivity index (χ0) is 27.3. The molecule has 0 heterocycles. The van der Waals surface area contributed by atoms with E-state index in [1.54, 1.807) is 0 Å². The van der Waals surface area contributed by atoms with E-state index in [1.807, 2.05) is 6.07 Å². The summed E-state index contributed by atoms with van der Waals surface area (Å²) in [5, 5.41) is 0.743. The Morgan fingerprint density at radius 2 is 0.875 bits per heavy atom. The van der Waals surface area contributed by atoms with Crippen LogP contribution in [0.2, 0.25) is 5.02 Å². The van der Waals surface area contributed by atoms with Crippen LogP contribution in [0.1, 0.15) is 25.0 Å². The van der Waals surface area contributed by atoms with E-state index in [-0.39, 0.29) is 5.41 Å². The normalized spacial score (nSPS) is 13.1. The van der Waals surface area contributed by atoms with Crippen molar-refractivity contribution in [2.75, 3.05) is 0 Å². The summed E-state index contributed by atoms with van der Waals surface area (Å²) < 4.78 is 0. The van der Waals surface area contributed by atoms with Gasteiger partial charge in [-0.2, -0.15) is 0 Å². The highest BCUT2D eigenvalue weighted by atomic mass is 35.5. The molecule has 192 valence electrons. The lowest BCUT2D eigenvalue weighted by molar-refractivity contribution is 0.662. The molecule has 0 nitrogen and oxygen atoms in total. The minimum Gasteiger partial charge on any atom is -0.0843 e. The smallest absolute Gasteiger partial charge is 0.0412 e. The molecule has 6 aromatic rings. The van der Waals surface area contributed by atoms with Crippen LogP contribution in [-0.2, 0) is 5.41 Å². The van der Waals surface area contributed by atoms with Crippen LogP contribution in [0.3, 0.4) is 0 Å². The number of hydrogen-bond acceptors (Lipinski definition) is 0. The van der Waals surface area contributed by atoms with Crippen LogP contribution in [0.4, 0.5) is 0 Å². The molecule has 1 aliphatic carbocycles. The Balaban J connectivity index is 1.80. The van der Waals surface area contributed by atoms with Gasteiger partial charge in [0.2, 0.25) is 0 Å². The lowest BCUT2D eigenvalue weighted by Crippen LogP contribution is -2.17. The maximum atomic E-state index is 6.69. The molecule has 6 aromatic carbocycles. The van der Waals surface area contributed by atoms with Crippen molar-refractivity contribution in [3.05, 3.63) is 156 Å². The fourth-order valence-corrected chi connectivity index (χ4v) is 6.83. The van der Waals surface area contributed by atoms with Gasteiger partial charge < -0.3 is 0 Å². The molecular formula is C39H29Cl. The van der Waals surface area contributed by atoms with Crippen molar-refractivity contribution >= 4 is 11.6 Å². The molecular weight excluding hydrogens is 504 g/mol. The SMILES string of the molecule is CC1(C)c2ccccc2-c2c(-c3ccccc3)c(-c3ccccc3)c(-c3ccccc3)c(-c3cccc(Cl)c3)c21. The average molecular weight is 533 g/mol. The molecule has 0 saturated heterocycles. The Kier molecular flexibility index (Phi) is 5.95. The quantitative estimate of drug-likeness (QED) is 0.212. The van der Waals surface area contributed by atoms with Crippen molar-refractivity contribution < 1.29 is 0 Å². The number of hydrogen-bond donors (Lipinski definition) is 0. The lowest BCUT2D eigenvalue weighted by atomic mass is 9.72. The van der Waals surface area contributed by atoms with Gasteiger partial charge in [0.05, 0.1) is 0 Å². The van der Waals surface area contributed by atoms with Crippen LogP contribution in [0.25, 0.3) is 55.6 Å². The van der Waals surface area contributed by atoms with Gasteiger partial charge in [-0.15, -0.1) is 0 Å². The molecule has 7 rings (SSSR count). The molecule has 0 amide bonds. The highest BCUT2D eigenvalue weighted by Gasteiger charge is 2.42. The first-order valence-corrected chi connectivity index (χ1v) is 14.2. The van der Waals surface area contributed by atoms with Gasteiger partial charge >= 0.3 is 0 Å². The molecule has 0 fully saturated rings. The molecule has 0 aliphatic heterocycles. The minimum absolute atomic E-state index is 0.216.